The van der Waals surface area contributed by atoms with Gasteiger partial charge in [0.1, 0.15) is 6.54 Å². The molecular weight excluding hydrogens is 409 g/mol. The van der Waals surface area contributed by atoms with Gasteiger partial charge in [-0.25, -0.2) is 4.79 Å². The van der Waals surface area contributed by atoms with Gasteiger partial charge in [0.2, 0.25) is 5.78 Å². The number of hydrogen-bond donors (Lipinski definition) is 1. The summed E-state index contributed by atoms with van der Waals surface area (Å²) in [5, 5.41) is 0.992. The average Bonchev–Trinajstić information content (AvgIpc) is 3.22. The number of esters is 1. The van der Waals surface area contributed by atoms with E-state index in [9.17, 15) is 22.8 Å². The van der Waals surface area contributed by atoms with E-state index in [-0.39, 0.29) is 11.3 Å². The number of Topliss-reactive ketones (excluding diaryl/α,β-unsaturated/α-hetero) is 1. The molecule has 0 bridgehead atoms. The number of H-pyrrole nitrogens is 1. The van der Waals surface area contributed by atoms with Crippen LogP contribution >= 0.6 is 0 Å². The van der Waals surface area contributed by atoms with Gasteiger partial charge in [-0.05, 0) is 69.4 Å². The van der Waals surface area contributed by atoms with Crippen LogP contribution in [0.1, 0.15) is 56.2 Å². The van der Waals surface area contributed by atoms with Crippen LogP contribution in [-0.4, -0.2) is 34.1 Å². The fraction of sp³-hybridized carbons (Fsp3) is 0.391. The molecule has 0 spiro atoms. The third-order valence-electron chi connectivity index (χ3n) is 5.88. The molecule has 2 aromatic heterocycles. The molecule has 1 aromatic carbocycles. The van der Waals surface area contributed by atoms with Crippen LogP contribution in [0.4, 0.5) is 13.2 Å². The summed E-state index contributed by atoms with van der Waals surface area (Å²) >= 11 is 0. The highest BCUT2D eigenvalue weighted by atomic mass is 19.4. The molecule has 1 aliphatic carbocycles. The summed E-state index contributed by atoms with van der Waals surface area (Å²) < 4.78 is 44.5. The number of ether oxygens (including phenoxy) is 1. The van der Waals surface area contributed by atoms with Crippen LogP contribution in [-0.2, 0) is 24.1 Å². The smallest absolute Gasteiger partial charge is 0.406 e. The number of aryl methyl sites for hydroxylation is 3. The van der Waals surface area contributed by atoms with Crippen molar-refractivity contribution in [3.8, 4) is 0 Å². The quantitative estimate of drug-likeness (QED) is 0.452. The monoisotopic (exact) mass is 432 g/mol. The van der Waals surface area contributed by atoms with Crippen molar-refractivity contribution in [2.24, 2.45) is 0 Å². The first kappa shape index (κ1) is 21.2. The molecule has 0 unspecified atom stereocenters. The van der Waals surface area contributed by atoms with E-state index in [0.717, 1.165) is 41.2 Å². The largest absolute Gasteiger partial charge is 0.454 e. The number of nitrogens with zero attached hydrogens (tertiary/aromatic N) is 1. The zero-order chi connectivity index (χ0) is 22.3. The highest BCUT2D eigenvalue weighted by Gasteiger charge is 2.30. The molecule has 3 aromatic rings. The number of carbonyl (C=O) groups excluding carboxylic acids is 2. The minimum atomic E-state index is -4.39. The van der Waals surface area contributed by atoms with Crippen LogP contribution in [0.2, 0.25) is 0 Å². The molecule has 2 heterocycles. The number of aromatic amines is 1. The highest BCUT2D eigenvalue weighted by Crippen LogP contribution is 2.30. The highest BCUT2D eigenvalue weighted by molar-refractivity contribution is 6.01. The second-order valence-corrected chi connectivity index (χ2v) is 8.04. The number of alkyl halides is 3. The molecule has 31 heavy (non-hydrogen) atoms. The van der Waals surface area contributed by atoms with Crippen LogP contribution in [0.15, 0.2) is 24.3 Å². The lowest BCUT2D eigenvalue weighted by molar-refractivity contribution is -0.141. The lowest BCUT2D eigenvalue weighted by Crippen LogP contribution is -2.20. The third kappa shape index (κ3) is 4.24. The Hall–Kier alpha value is -3.03. The van der Waals surface area contributed by atoms with Gasteiger partial charge in [-0.15, -0.1) is 0 Å². The zero-order valence-corrected chi connectivity index (χ0v) is 17.4. The van der Waals surface area contributed by atoms with Crippen LogP contribution in [0.5, 0.6) is 0 Å². The Balaban J connectivity index is 1.48. The fourth-order valence-electron chi connectivity index (χ4n) is 4.33. The van der Waals surface area contributed by atoms with Gasteiger partial charge >= 0.3 is 12.1 Å². The van der Waals surface area contributed by atoms with Gasteiger partial charge in [-0.3, -0.25) is 4.79 Å². The number of aromatic nitrogens is 2. The van der Waals surface area contributed by atoms with Crippen LogP contribution in [0.25, 0.3) is 10.9 Å². The normalized spacial score (nSPS) is 14.0. The Labute approximate surface area is 177 Å². The van der Waals surface area contributed by atoms with E-state index in [1.807, 2.05) is 6.07 Å². The molecule has 0 radical (unpaired) electrons. The lowest BCUT2D eigenvalue weighted by atomic mass is 9.95. The van der Waals surface area contributed by atoms with Gasteiger partial charge in [0.05, 0.1) is 5.56 Å². The van der Waals surface area contributed by atoms with E-state index in [0.29, 0.717) is 11.3 Å². The predicted molar refractivity (Wildman–Crippen MR) is 110 cm³/mol. The van der Waals surface area contributed by atoms with E-state index in [1.165, 1.54) is 31.2 Å². The van der Waals surface area contributed by atoms with Gasteiger partial charge in [-0.2, -0.15) is 13.2 Å². The maximum absolute atomic E-state index is 12.8. The van der Waals surface area contributed by atoms with E-state index in [4.69, 9.17) is 4.74 Å². The molecule has 0 fully saturated rings. The minimum Gasteiger partial charge on any atom is -0.454 e. The Bertz CT molecular complexity index is 1170. The summed E-state index contributed by atoms with van der Waals surface area (Å²) in [5.41, 5.74) is 4.40. The average molecular weight is 432 g/mol. The molecule has 1 N–H and O–H groups in total. The van der Waals surface area contributed by atoms with Crippen molar-refractivity contribution >= 4 is 22.7 Å². The number of halogens is 3. The molecule has 164 valence electrons. The van der Waals surface area contributed by atoms with Gasteiger partial charge in [0.25, 0.3) is 0 Å². The van der Waals surface area contributed by atoms with Gasteiger partial charge in [-0.1, -0.05) is 0 Å². The first-order valence-corrected chi connectivity index (χ1v) is 10.2. The Morgan fingerprint density at radius 1 is 1.13 bits per heavy atom. The van der Waals surface area contributed by atoms with E-state index < -0.39 is 31.1 Å². The van der Waals surface area contributed by atoms with Gasteiger partial charge in [0.15, 0.2) is 6.61 Å². The Morgan fingerprint density at radius 3 is 2.61 bits per heavy atom. The third-order valence-corrected chi connectivity index (χ3v) is 5.88. The summed E-state index contributed by atoms with van der Waals surface area (Å²) in [7, 11) is 0. The number of nitrogens with one attached hydrogen (secondary N) is 1. The zero-order valence-electron chi connectivity index (χ0n) is 17.4. The Kier molecular flexibility index (Phi) is 5.41. The second kappa shape index (κ2) is 7.90. The molecule has 4 rings (SSSR count). The molecule has 1 aliphatic rings. The maximum Gasteiger partial charge on any atom is 0.406 e. The molecule has 8 heteroatoms. The van der Waals surface area contributed by atoms with Crippen molar-refractivity contribution in [2.75, 3.05) is 6.61 Å². The molecule has 5 nitrogen and oxygen atoms in total. The van der Waals surface area contributed by atoms with E-state index >= 15 is 0 Å². The SMILES string of the molecule is Cc1cc(C(=O)COC(=O)c2ccc3[nH]c4c(c3c2)CCCC4)c(C)n1CC(F)(F)F. The van der Waals surface area contributed by atoms with Gasteiger partial charge < -0.3 is 14.3 Å². The van der Waals surface area contributed by atoms with E-state index in [1.54, 1.807) is 12.1 Å². The standard InChI is InChI=1S/C23H23F3N2O3/c1-13-9-17(14(2)28(13)12-23(24,25)26)21(29)11-31-22(30)15-7-8-20-18(10-15)16-5-3-4-6-19(16)27-20/h7-10,27H,3-6,11-12H2,1-2H3. The number of hydrogen-bond acceptors (Lipinski definition) is 3. The molecule has 0 saturated carbocycles. The predicted octanol–water partition coefficient (Wildman–Crippen LogP) is 5.07. The minimum absolute atomic E-state index is 0.129. The van der Waals surface area contributed by atoms with Crippen molar-refractivity contribution in [1.82, 2.24) is 9.55 Å². The summed E-state index contributed by atoms with van der Waals surface area (Å²) in [6, 6.07) is 6.65. The van der Waals surface area contributed by atoms with Crippen molar-refractivity contribution in [2.45, 2.75) is 52.3 Å². The topological polar surface area (TPSA) is 64.1 Å². The van der Waals surface area contributed by atoms with Crippen molar-refractivity contribution in [1.29, 1.82) is 0 Å². The second-order valence-electron chi connectivity index (χ2n) is 8.04. The number of fused-ring (bicyclic) bond motifs is 3. The summed E-state index contributed by atoms with van der Waals surface area (Å²) in [4.78, 5) is 28.4. The molecule has 0 amide bonds. The van der Waals surface area contributed by atoms with Crippen LogP contribution in [0.3, 0.4) is 0 Å². The first-order valence-electron chi connectivity index (χ1n) is 10.2. The number of benzene rings is 1. The number of rotatable bonds is 5. The van der Waals surface area contributed by atoms with Crippen molar-refractivity contribution < 1.29 is 27.5 Å². The lowest BCUT2D eigenvalue weighted by Gasteiger charge is -2.12. The van der Waals surface area contributed by atoms with Crippen molar-refractivity contribution in [3.63, 3.8) is 0 Å². The van der Waals surface area contributed by atoms with Gasteiger partial charge in [0, 0.05) is 33.5 Å². The molecule has 0 saturated heterocycles. The number of carbonyl (C=O) groups is 2. The van der Waals surface area contributed by atoms with Crippen LogP contribution < -0.4 is 0 Å². The molecule has 0 aliphatic heterocycles. The molecular formula is C23H23F3N2O3. The van der Waals surface area contributed by atoms with Crippen molar-refractivity contribution in [3.05, 3.63) is 58.0 Å². The van der Waals surface area contributed by atoms with Crippen LogP contribution in [0, 0.1) is 13.8 Å². The first-order chi connectivity index (χ1) is 14.6. The maximum atomic E-state index is 12.8. The number of ketones is 1. The van der Waals surface area contributed by atoms with E-state index in [2.05, 4.69) is 4.98 Å². The summed E-state index contributed by atoms with van der Waals surface area (Å²) in [6.45, 7) is 1.27. The molecule has 0 atom stereocenters. The fourth-order valence-corrected chi connectivity index (χ4v) is 4.33. The summed E-state index contributed by atoms with van der Waals surface area (Å²) in [6.07, 6.45) is -0.196. The summed E-state index contributed by atoms with van der Waals surface area (Å²) in [5.74, 6) is -1.17. The Morgan fingerprint density at radius 2 is 1.87 bits per heavy atom.